The Morgan fingerprint density at radius 2 is 2.26 bits per heavy atom. The molecule has 0 aliphatic carbocycles. The second-order valence-electron chi connectivity index (χ2n) is 5.15. The van der Waals surface area contributed by atoms with E-state index >= 15 is 0 Å². The number of anilines is 2. The van der Waals surface area contributed by atoms with Crippen LogP contribution < -0.4 is 15.0 Å². The number of nitriles is 1. The van der Waals surface area contributed by atoms with E-state index in [0.29, 0.717) is 24.5 Å². The van der Waals surface area contributed by atoms with Crippen molar-refractivity contribution >= 4 is 17.4 Å². The number of benzene rings is 1. The van der Waals surface area contributed by atoms with E-state index in [1.807, 2.05) is 30.3 Å². The summed E-state index contributed by atoms with van der Waals surface area (Å²) >= 11 is 0. The molecule has 1 aromatic heterocycles. The molecule has 23 heavy (non-hydrogen) atoms. The van der Waals surface area contributed by atoms with E-state index in [0.717, 1.165) is 5.69 Å². The molecule has 1 aromatic carbocycles. The van der Waals surface area contributed by atoms with Crippen molar-refractivity contribution < 1.29 is 9.53 Å². The van der Waals surface area contributed by atoms with Crippen LogP contribution in [0.25, 0.3) is 0 Å². The third-order valence-corrected chi connectivity index (χ3v) is 3.61. The highest BCUT2D eigenvalue weighted by molar-refractivity contribution is 5.96. The van der Waals surface area contributed by atoms with E-state index in [4.69, 9.17) is 10.00 Å². The molecule has 116 valence electrons. The standard InChI is InChI=1S/C16H15N5O2/c1-23-14-4-2-3-13(6-14)21-10-11(5-16(21)22)20-15-9-18-12(7-17)8-19-15/h2-4,6,8-9,11H,5,10H2,1H3,(H,19,20). The molecule has 2 aromatic rings. The maximum atomic E-state index is 12.2. The van der Waals surface area contributed by atoms with E-state index in [1.165, 1.54) is 12.4 Å². The lowest BCUT2D eigenvalue weighted by atomic mass is 10.2. The minimum Gasteiger partial charge on any atom is -0.497 e. The first-order valence-corrected chi connectivity index (χ1v) is 7.12. The van der Waals surface area contributed by atoms with Gasteiger partial charge < -0.3 is 15.0 Å². The fraction of sp³-hybridized carbons (Fsp3) is 0.250. The predicted molar refractivity (Wildman–Crippen MR) is 84.1 cm³/mol. The lowest BCUT2D eigenvalue weighted by Crippen LogP contribution is -2.27. The Balaban J connectivity index is 1.70. The Morgan fingerprint density at radius 3 is 2.96 bits per heavy atom. The van der Waals surface area contributed by atoms with Gasteiger partial charge in [-0.15, -0.1) is 0 Å². The number of rotatable bonds is 4. The van der Waals surface area contributed by atoms with Gasteiger partial charge in [0.15, 0.2) is 5.69 Å². The van der Waals surface area contributed by atoms with Crippen LogP contribution in [0.4, 0.5) is 11.5 Å². The number of ether oxygens (including phenoxy) is 1. The second-order valence-corrected chi connectivity index (χ2v) is 5.15. The summed E-state index contributed by atoms with van der Waals surface area (Å²) in [5.74, 6) is 1.30. The van der Waals surface area contributed by atoms with Crippen LogP contribution >= 0.6 is 0 Å². The minimum atomic E-state index is -0.0593. The number of carbonyl (C=O) groups excluding carboxylic acids is 1. The van der Waals surface area contributed by atoms with E-state index in [-0.39, 0.29) is 17.6 Å². The van der Waals surface area contributed by atoms with Gasteiger partial charge in [0.2, 0.25) is 5.91 Å². The van der Waals surface area contributed by atoms with Crippen LogP contribution in [0.2, 0.25) is 0 Å². The fourth-order valence-corrected chi connectivity index (χ4v) is 2.50. The van der Waals surface area contributed by atoms with Gasteiger partial charge in [-0.3, -0.25) is 4.79 Å². The van der Waals surface area contributed by atoms with Crippen molar-refractivity contribution in [3.05, 3.63) is 42.4 Å². The Bertz CT molecular complexity index is 754. The third-order valence-electron chi connectivity index (χ3n) is 3.61. The number of hydrogen-bond acceptors (Lipinski definition) is 6. The van der Waals surface area contributed by atoms with Crippen LogP contribution in [0, 0.1) is 11.3 Å². The van der Waals surface area contributed by atoms with E-state index in [2.05, 4.69) is 15.3 Å². The summed E-state index contributed by atoms with van der Waals surface area (Å²) in [6, 6.07) is 9.27. The molecule has 1 unspecified atom stereocenters. The van der Waals surface area contributed by atoms with Gasteiger partial charge in [0, 0.05) is 24.7 Å². The van der Waals surface area contributed by atoms with Crippen molar-refractivity contribution in [2.75, 3.05) is 23.9 Å². The quantitative estimate of drug-likeness (QED) is 0.922. The van der Waals surface area contributed by atoms with Gasteiger partial charge in [0.05, 0.1) is 25.5 Å². The zero-order valence-electron chi connectivity index (χ0n) is 12.6. The van der Waals surface area contributed by atoms with Gasteiger partial charge in [-0.25, -0.2) is 9.97 Å². The van der Waals surface area contributed by atoms with Crippen LogP contribution in [-0.4, -0.2) is 35.6 Å². The number of nitrogens with one attached hydrogen (secondary N) is 1. The molecule has 7 heteroatoms. The van der Waals surface area contributed by atoms with Crippen LogP contribution in [0.1, 0.15) is 12.1 Å². The van der Waals surface area contributed by atoms with Crippen LogP contribution in [0.5, 0.6) is 5.75 Å². The summed E-state index contributed by atoms with van der Waals surface area (Å²) in [4.78, 5) is 22.0. The topological polar surface area (TPSA) is 91.1 Å². The van der Waals surface area contributed by atoms with Crippen molar-refractivity contribution in [2.45, 2.75) is 12.5 Å². The molecule has 1 atom stereocenters. The first-order chi connectivity index (χ1) is 11.2. The molecule has 1 saturated heterocycles. The van der Waals surface area contributed by atoms with Crippen molar-refractivity contribution in [2.24, 2.45) is 0 Å². The first-order valence-electron chi connectivity index (χ1n) is 7.12. The van der Waals surface area contributed by atoms with Crippen molar-refractivity contribution in [1.82, 2.24) is 9.97 Å². The summed E-state index contributed by atoms with van der Waals surface area (Å²) in [7, 11) is 1.60. The molecule has 0 radical (unpaired) electrons. The highest BCUT2D eigenvalue weighted by Crippen LogP contribution is 2.26. The Hall–Kier alpha value is -3.14. The van der Waals surface area contributed by atoms with Crippen molar-refractivity contribution in [3.63, 3.8) is 0 Å². The van der Waals surface area contributed by atoms with Crippen molar-refractivity contribution in [1.29, 1.82) is 5.26 Å². The molecule has 1 fully saturated rings. The molecule has 3 rings (SSSR count). The van der Waals surface area contributed by atoms with Crippen LogP contribution in [-0.2, 0) is 4.79 Å². The molecule has 1 aliphatic heterocycles. The number of carbonyl (C=O) groups is 1. The normalized spacial score (nSPS) is 17.0. The largest absolute Gasteiger partial charge is 0.497 e. The predicted octanol–water partition coefficient (Wildman–Crippen LogP) is 1.57. The Labute approximate surface area is 133 Å². The summed E-state index contributed by atoms with van der Waals surface area (Å²) < 4.78 is 5.20. The smallest absolute Gasteiger partial charge is 0.229 e. The minimum absolute atomic E-state index is 0.0392. The van der Waals surface area contributed by atoms with E-state index < -0.39 is 0 Å². The van der Waals surface area contributed by atoms with Gasteiger partial charge in [-0.05, 0) is 12.1 Å². The van der Waals surface area contributed by atoms with Gasteiger partial charge in [-0.2, -0.15) is 5.26 Å². The first kappa shape index (κ1) is 14.8. The number of aromatic nitrogens is 2. The molecule has 0 saturated carbocycles. The number of amides is 1. The van der Waals surface area contributed by atoms with Crippen molar-refractivity contribution in [3.8, 4) is 11.8 Å². The number of methoxy groups -OCH3 is 1. The summed E-state index contributed by atoms with van der Waals surface area (Å²) in [5, 5.41) is 11.9. The van der Waals surface area contributed by atoms with E-state index in [9.17, 15) is 4.79 Å². The van der Waals surface area contributed by atoms with Gasteiger partial charge in [0.1, 0.15) is 17.6 Å². The zero-order chi connectivity index (χ0) is 16.2. The highest BCUT2D eigenvalue weighted by Gasteiger charge is 2.31. The number of nitrogens with zero attached hydrogens (tertiary/aromatic N) is 4. The number of hydrogen-bond donors (Lipinski definition) is 1. The van der Waals surface area contributed by atoms with Gasteiger partial charge in [-0.1, -0.05) is 6.07 Å². The maximum Gasteiger partial charge on any atom is 0.229 e. The van der Waals surface area contributed by atoms with Crippen LogP contribution in [0.15, 0.2) is 36.7 Å². The summed E-state index contributed by atoms with van der Waals surface area (Å²) in [5.41, 5.74) is 1.07. The van der Waals surface area contributed by atoms with E-state index in [1.54, 1.807) is 12.0 Å². The Morgan fingerprint density at radius 1 is 1.39 bits per heavy atom. The fourth-order valence-electron chi connectivity index (χ4n) is 2.50. The highest BCUT2D eigenvalue weighted by atomic mass is 16.5. The monoisotopic (exact) mass is 309 g/mol. The molecule has 1 N–H and O–H groups in total. The lowest BCUT2D eigenvalue weighted by Gasteiger charge is -2.18. The molecule has 0 bridgehead atoms. The molecular formula is C16H15N5O2. The molecule has 0 spiro atoms. The van der Waals surface area contributed by atoms with Crippen LogP contribution in [0.3, 0.4) is 0 Å². The second kappa shape index (κ2) is 6.32. The summed E-state index contributed by atoms with van der Waals surface area (Å²) in [6.45, 7) is 0.535. The molecular weight excluding hydrogens is 294 g/mol. The molecule has 1 amide bonds. The molecule has 1 aliphatic rings. The molecule has 7 nitrogen and oxygen atoms in total. The summed E-state index contributed by atoms with van der Waals surface area (Å²) in [6.07, 6.45) is 3.27. The Kier molecular flexibility index (Phi) is 4.06. The van der Waals surface area contributed by atoms with Gasteiger partial charge >= 0.3 is 0 Å². The molecule has 2 heterocycles. The SMILES string of the molecule is COc1cccc(N2CC(Nc3cnc(C#N)cn3)CC2=O)c1. The average molecular weight is 309 g/mol. The van der Waals surface area contributed by atoms with Gasteiger partial charge in [0.25, 0.3) is 0 Å². The maximum absolute atomic E-state index is 12.2. The average Bonchev–Trinajstić information content (AvgIpc) is 2.96. The third kappa shape index (κ3) is 3.21. The lowest BCUT2D eigenvalue weighted by molar-refractivity contribution is -0.117. The zero-order valence-corrected chi connectivity index (χ0v) is 12.6.